The molecule has 0 saturated heterocycles. The Balaban J connectivity index is 2.09. The van der Waals surface area contributed by atoms with Crippen LogP contribution in [0.25, 0.3) is 0 Å². The maximum absolute atomic E-state index is 12.8. The molecule has 2 aromatic rings. The fraction of sp³-hybridized carbons (Fsp3) is 0.214. The average molecular weight is 245 g/mol. The van der Waals surface area contributed by atoms with Gasteiger partial charge in [-0.2, -0.15) is 0 Å². The summed E-state index contributed by atoms with van der Waals surface area (Å²) in [5.41, 5.74) is 8.58. The first-order chi connectivity index (χ1) is 8.69. The van der Waals surface area contributed by atoms with Crippen molar-refractivity contribution in [3.8, 4) is 0 Å². The summed E-state index contributed by atoms with van der Waals surface area (Å²) in [6, 6.07) is 10.3. The topological polar surface area (TPSA) is 50.9 Å². The number of nitrogens with two attached hydrogens (primary N) is 1. The number of aromatic nitrogens is 1. The van der Waals surface area contributed by atoms with Crippen LogP contribution < -0.4 is 11.1 Å². The van der Waals surface area contributed by atoms with Crippen LogP contribution in [0.15, 0.2) is 36.4 Å². The van der Waals surface area contributed by atoms with Crippen LogP contribution in [0.4, 0.5) is 10.2 Å². The lowest BCUT2D eigenvalue weighted by Gasteiger charge is -2.10. The van der Waals surface area contributed by atoms with Gasteiger partial charge < -0.3 is 11.1 Å². The monoisotopic (exact) mass is 245 g/mol. The second kappa shape index (κ2) is 5.60. The third-order valence-corrected chi connectivity index (χ3v) is 2.71. The average Bonchev–Trinajstić information content (AvgIpc) is 2.38. The summed E-state index contributed by atoms with van der Waals surface area (Å²) in [5.74, 6) is 0.567. The van der Waals surface area contributed by atoms with Crippen molar-refractivity contribution < 1.29 is 4.39 Å². The molecule has 0 fully saturated rings. The van der Waals surface area contributed by atoms with Crippen LogP contribution in [-0.2, 0) is 13.1 Å². The van der Waals surface area contributed by atoms with E-state index in [1.54, 1.807) is 12.1 Å². The van der Waals surface area contributed by atoms with E-state index in [-0.39, 0.29) is 5.82 Å². The van der Waals surface area contributed by atoms with E-state index < -0.39 is 0 Å². The molecule has 18 heavy (non-hydrogen) atoms. The Morgan fingerprint density at radius 2 is 1.89 bits per heavy atom. The van der Waals surface area contributed by atoms with Gasteiger partial charge in [-0.05, 0) is 30.7 Å². The molecule has 0 amide bonds. The molecule has 0 aliphatic carbocycles. The predicted molar refractivity (Wildman–Crippen MR) is 70.6 cm³/mol. The van der Waals surface area contributed by atoms with E-state index >= 15 is 0 Å². The molecule has 0 radical (unpaired) electrons. The zero-order chi connectivity index (χ0) is 13.0. The number of rotatable bonds is 4. The van der Waals surface area contributed by atoms with Gasteiger partial charge >= 0.3 is 0 Å². The molecule has 0 saturated carbocycles. The van der Waals surface area contributed by atoms with Crippen LogP contribution in [0, 0.1) is 12.7 Å². The van der Waals surface area contributed by atoms with Crippen molar-refractivity contribution in [2.24, 2.45) is 5.73 Å². The van der Waals surface area contributed by atoms with Crippen molar-refractivity contribution in [1.29, 1.82) is 0 Å². The van der Waals surface area contributed by atoms with Crippen LogP contribution in [0.1, 0.15) is 16.8 Å². The minimum atomic E-state index is -0.227. The van der Waals surface area contributed by atoms with E-state index in [0.29, 0.717) is 13.1 Å². The van der Waals surface area contributed by atoms with Gasteiger partial charge in [-0.25, -0.2) is 9.37 Å². The Bertz CT molecular complexity index is 523. The number of anilines is 1. The maximum Gasteiger partial charge on any atom is 0.131 e. The lowest BCUT2D eigenvalue weighted by Crippen LogP contribution is -2.08. The zero-order valence-corrected chi connectivity index (χ0v) is 10.3. The lowest BCUT2D eigenvalue weighted by atomic mass is 10.2. The second-order valence-electron chi connectivity index (χ2n) is 4.14. The summed E-state index contributed by atoms with van der Waals surface area (Å²) in [4.78, 5) is 4.41. The van der Waals surface area contributed by atoms with Crippen molar-refractivity contribution in [2.45, 2.75) is 20.0 Å². The first-order valence-corrected chi connectivity index (χ1v) is 5.84. The Labute approximate surface area is 106 Å². The van der Waals surface area contributed by atoms with Gasteiger partial charge in [0, 0.05) is 24.3 Å². The molecule has 2 rings (SSSR count). The van der Waals surface area contributed by atoms with Gasteiger partial charge in [-0.15, -0.1) is 0 Å². The first-order valence-electron chi connectivity index (χ1n) is 5.84. The Morgan fingerprint density at radius 3 is 2.56 bits per heavy atom. The van der Waals surface area contributed by atoms with Crippen molar-refractivity contribution in [1.82, 2.24) is 4.98 Å². The Kier molecular flexibility index (Phi) is 3.89. The normalized spacial score (nSPS) is 10.4. The van der Waals surface area contributed by atoms with E-state index in [0.717, 1.165) is 22.6 Å². The van der Waals surface area contributed by atoms with Crippen molar-refractivity contribution >= 4 is 5.82 Å². The van der Waals surface area contributed by atoms with Crippen LogP contribution in [0.3, 0.4) is 0 Å². The number of hydrogen-bond acceptors (Lipinski definition) is 3. The van der Waals surface area contributed by atoms with Gasteiger partial charge in [0.05, 0.1) is 0 Å². The summed E-state index contributed by atoms with van der Waals surface area (Å²) in [6.45, 7) is 2.98. The van der Waals surface area contributed by atoms with Crippen molar-refractivity contribution in [3.63, 3.8) is 0 Å². The molecule has 0 bridgehead atoms. The summed E-state index contributed by atoms with van der Waals surface area (Å²) in [7, 11) is 0. The third kappa shape index (κ3) is 3.05. The summed E-state index contributed by atoms with van der Waals surface area (Å²) in [6.07, 6.45) is 0. The molecule has 1 heterocycles. The largest absolute Gasteiger partial charge is 0.366 e. The van der Waals surface area contributed by atoms with Gasteiger partial charge in [-0.3, -0.25) is 0 Å². The predicted octanol–water partition coefficient (Wildman–Crippen LogP) is 2.60. The number of benzene rings is 1. The van der Waals surface area contributed by atoms with Gasteiger partial charge in [0.25, 0.3) is 0 Å². The smallest absolute Gasteiger partial charge is 0.131 e. The van der Waals surface area contributed by atoms with Gasteiger partial charge in [0.15, 0.2) is 0 Å². The fourth-order valence-corrected chi connectivity index (χ4v) is 1.69. The van der Waals surface area contributed by atoms with Crippen LogP contribution in [-0.4, -0.2) is 4.98 Å². The zero-order valence-electron chi connectivity index (χ0n) is 10.3. The first kappa shape index (κ1) is 12.5. The second-order valence-corrected chi connectivity index (χ2v) is 4.14. The number of aryl methyl sites for hydroxylation is 1. The van der Waals surface area contributed by atoms with Crippen LogP contribution in [0.5, 0.6) is 0 Å². The SMILES string of the molecule is Cc1ccc(CN)c(NCc2ccc(F)cc2)n1. The highest BCUT2D eigenvalue weighted by atomic mass is 19.1. The number of halogens is 1. The highest BCUT2D eigenvalue weighted by Crippen LogP contribution is 2.14. The molecule has 0 aliphatic heterocycles. The van der Waals surface area contributed by atoms with Crippen LogP contribution in [0.2, 0.25) is 0 Å². The van der Waals surface area contributed by atoms with E-state index in [1.165, 1.54) is 12.1 Å². The van der Waals surface area contributed by atoms with E-state index in [1.807, 2.05) is 19.1 Å². The Hall–Kier alpha value is -1.94. The number of nitrogens with one attached hydrogen (secondary N) is 1. The molecule has 0 spiro atoms. The summed E-state index contributed by atoms with van der Waals surface area (Å²) >= 11 is 0. The molecule has 1 aromatic carbocycles. The molecule has 0 atom stereocenters. The van der Waals surface area contributed by atoms with Gasteiger partial charge in [0.1, 0.15) is 11.6 Å². The van der Waals surface area contributed by atoms with Crippen LogP contribution >= 0.6 is 0 Å². The third-order valence-electron chi connectivity index (χ3n) is 2.71. The van der Waals surface area contributed by atoms with E-state index in [9.17, 15) is 4.39 Å². The molecular formula is C14H16FN3. The number of hydrogen-bond donors (Lipinski definition) is 2. The summed E-state index contributed by atoms with van der Waals surface area (Å²) < 4.78 is 12.8. The molecule has 1 aromatic heterocycles. The molecule has 3 nitrogen and oxygen atoms in total. The molecule has 0 unspecified atom stereocenters. The lowest BCUT2D eigenvalue weighted by molar-refractivity contribution is 0.627. The van der Waals surface area contributed by atoms with Crippen molar-refractivity contribution in [3.05, 3.63) is 59.0 Å². The van der Waals surface area contributed by atoms with Gasteiger partial charge in [0.2, 0.25) is 0 Å². The Morgan fingerprint density at radius 1 is 1.17 bits per heavy atom. The minimum Gasteiger partial charge on any atom is -0.366 e. The number of nitrogens with zero attached hydrogens (tertiary/aromatic N) is 1. The maximum atomic E-state index is 12.8. The molecule has 94 valence electrons. The van der Waals surface area contributed by atoms with E-state index in [4.69, 9.17) is 5.73 Å². The highest BCUT2D eigenvalue weighted by Gasteiger charge is 2.03. The van der Waals surface area contributed by atoms with E-state index in [2.05, 4.69) is 10.3 Å². The molecule has 3 N–H and O–H groups in total. The standard InChI is InChI=1S/C14H16FN3/c1-10-2-5-12(8-16)14(18-10)17-9-11-3-6-13(15)7-4-11/h2-7H,8-9,16H2,1H3,(H,17,18). The molecular weight excluding hydrogens is 229 g/mol. The number of pyridine rings is 1. The molecule has 4 heteroatoms. The quantitative estimate of drug-likeness (QED) is 0.870. The highest BCUT2D eigenvalue weighted by molar-refractivity contribution is 5.45. The fourth-order valence-electron chi connectivity index (χ4n) is 1.69. The van der Waals surface area contributed by atoms with Gasteiger partial charge in [-0.1, -0.05) is 18.2 Å². The minimum absolute atomic E-state index is 0.227. The van der Waals surface area contributed by atoms with Crippen molar-refractivity contribution in [2.75, 3.05) is 5.32 Å². The summed E-state index contributed by atoms with van der Waals surface area (Å²) in [5, 5.41) is 3.23. The molecule has 0 aliphatic rings.